The molecule has 2 aromatic rings. The molecule has 0 aliphatic heterocycles. The van der Waals surface area contributed by atoms with Gasteiger partial charge in [-0.15, -0.1) is 11.6 Å². The van der Waals surface area contributed by atoms with Gasteiger partial charge in [0.15, 0.2) is 11.5 Å². The number of rotatable bonds is 4. The van der Waals surface area contributed by atoms with Gasteiger partial charge in [0.2, 0.25) is 0 Å². The van der Waals surface area contributed by atoms with E-state index in [4.69, 9.17) is 16.1 Å². The predicted molar refractivity (Wildman–Crippen MR) is 69.2 cm³/mol. The molecule has 0 aliphatic carbocycles. The van der Waals surface area contributed by atoms with Crippen LogP contribution >= 0.6 is 11.6 Å². The van der Waals surface area contributed by atoms with Crippen LogP contribution in [-0.2, 0) is 6.54 Å². The molecule has 0 saturated carbocycles. The van der Waals surface area contributed by atoms with Crippen molar-refractivity contribution in [1.82, 2.24) is 9.72 Å². The summed E-state index contributed by atoms with van der Waals surface area (Å²) in [6.45, 7) is 6.13. The first kappa shape index (κ1) is 12.9. The summed E-state index contributed by atoms with van der Waals surface area (Å²) in [6.07, 6.45) is 1.61. The number of ketones is 1. The number of Topliss-reactive ketones (excluding diaryl/α,β-unsaturated/α-hetero) is 1. The molecule has 0 radical (unpaired) electrons. The molecule has 2 rings (SSSR count). The Bertz CT molecular complexity index is 556. The fraction of sp³-hybridized carbons (Fsp3) is 0.385. The number of alkyl halides is 1. The summed E-state index contributed by atoms with van der Waals surface area (Å²) in [7, 11) is 0. The summed E-state index contributed by atoms with van der Waals surface area (Å²) in [5.74, 6) is 0.711. The first-order valence-corrected chi connectivity index (χ1v) is 6.19. The number of carbonyl (C=O) groups is 1. The van der Waals surface area contributed by atoms with Crippen LogP contribution < -0.4 is 0 Å². The van der Waals surface area contributed by atoms with E-state index in [1.165, 1.54) is 0 Å². The highest BCUT2D eigenvalue weighted by Crippen LogP contribution is 2.19. The maximum absolute atomic E-state index is 12.0. The minimum atomic E-state index is -0.510. The number of hydrogen-bond donors (Lipinski definition) is 0. The second-order valence-electron chi connectivity index (χ2n) is 4.33. The Hall–Kier alpha value is -1.55. The third-order valence-corrected chi connectivity index (χ3v) is 3.20. The summed E-state index contributed by atoms with van der Waals surface area (Å²) in [5.41, 5.74) is 2.58. The van der Waals surface area contributed by atoms with Crippen molar-refractivity contribution < 1.29 is 9.32 Å². The van der Waals surface area contributed by atoms with Crippen molar-refractivity contribution in [2.75, 3.05) is 0 Å². The highest BCUT2D eigenvalue weighted by molar-refractivity contribution is 6.33. The van der Waals surface area contributed by atoms with Gasteiger partial charge in [0.1, 0.15) is 0 Å². The van der Waals surface area contributed by atoms with E-state index in [0.29, 0.717) is 12.1 Å². The Morgan fingerprint density at radius 2 is 2.28 bits per heavy atom. The zero-order chi connectivity index (χ0) is 13.3. The molecule has 0 amide bonds. The molecule has 4 nitrogen and oxygen atoms in total. The molecule has 0 aromatic carbocycles. The lowest BCUT2D eigenvalue weighted by atomic mass is 10.1. The Balaban J connectivity index is 2.35. The third-order valence-electron chi connectivity index (χ3n) is 3.01. The van der Waals surface area contributed by atoms with Crippen molar-refractivity contribution in [2.45, 2.75) is 32.7 Å². The van der Waals surface area contributed by atoms with E-state index in [2.05, 4.69) is 5.16 Å². The summed E-state index contributed by atoms with van der Waals surface area (Å²) in [4.78, 5) is 12.0. The minimum Gasteiger partial charge on any atom is -0.359 e. The molecule has 18 heavy (non-hydrogen) atoms. The second kappa shape index (κ2) is 4.98. The van der Waals surface area contributed by atoms with Crippen LogP contribution in [0, 0.1) is 13.8 Å². The van der Waals surface area contributed by atoms with Crippen molar-refractivity contribution >= 4 is 17.4 Å². The minimum absolute atomic E-state index is 0.0476. The lowest BCUT2D eigenvalue weighted by Gasteiger charge is -2.07. The smallest absolute Gasteiger partial charge is 0.182 e. The number of halogens is 1. The lowest BCUT2D eigenvalue weighted by Crippen LogP contribution is -2.12. The van der Waals surface area contributed by atoms with E-state index in [0.717, 1.165) is 17.1 Å². The van der Waals surface area contributed by atoms with Gasteiger partial charge in [-0.05, 0) is 26.8 Å². The van der Waals surface area contributed by atoms with Gasteiger partial charge < -0.3 is 9.09 Å². The Kier molecular flexibility index (Phi) is 3.57. The lowest BCUT2D eigenvalue weighted by molar-refractivity contribution is 0.0991. The third kappa shape index (κ3) is 2.34. The van der Waals surface area contributed by atoms with E-state index in [1.807, 2.05) is 30.5 Å². The van der Waals surface area contributed by atoms with E-state index in [9.17, 15) is 4.79 Å². The zero-order valence-electron chi connectivity index (χ0n) is 10.6. The van der Waals surface area contributed by atoms with Crippen LogP contribution in [0.5, 0.6) is 0 Å². The molecule has 2 heterocycles. The Morgan fingerprint density at radius 1 is 1.56 bits per heavy atom. The number of aryl methyl sites for hydroxylation is 1. The van der Waals surface area contributed by atoms with E-state index >= 15 is 0 Å². The van der Waals surface area contributed by atoms with Gasteiger partial charge in [-0.25, -0.2) is 0 Å². The van der Waals surface area contributed by atoms with E-state index in [1.54, 1.807) is 13.1 Å². The first-order valence-electron chi connectivity index (χ1n) is 5.75. The molecule has 0 aliphatic rings. The summed E-state index contributed by atoms with van der Waals surface area (Å²) in [6, 6.07) is 3.68. The molecular formula is C13H15ClN2O2. The zero-order valence-corrected chi connectivity index (χ0v) is 11.4. The van der Waals surface area contributed by atoms with E-state index in [-0.39, 0.29) is 5.78 Å². The topological polar surface area (TPSA) is 48.0 Å². The number of aromatic nitrogens is 2. The molecule has 0 N–H and O–H groups in total. The monoisotopic (exact) mass is 266 g/mol. The number of hydrogen-bond acceptors (Lipinski definition) is 3. The van der Waals surface area contributed by atoms with Crippen molar-refractivity contribution in [3.63, 3.8) is 0 Å². The van der Waals surface area contributed by atoms with Crippen LogP contribution in [0.25, 0.3) is 0 Å². The van der Waals surface area contributed by atoms with Crippen LogP contribution in [0.1, 0.15) is 34.4 Å². The molecule has 1 atom stereocenters. The van der Waals surface area contributed by atoms with Gasteiger partial charge in [-0.1, -0.05) is 5.16 Å². The molecule has 0 bridgehead atoms. The fourth-order valence-corrected chi connectivity index (χ4v) is 2.11. The quantitative estimate of drug-likeness (QED) is 0.631. The fourth-order valence-electron chi connectivity index (χ4n) is 1.99. The van der Waals surface area contributed by atoms with Crippen LogP contribution in [0.15, 0.2) is 22.9 Å². The number of nitrogens with zero attached hydrogens (tertiary/aromatic N) is 2. The highest BCUT2D eigenvalue weighted by Gasteiger charge is 2.19. The summed E-state index contributed by atoms with van der Waals surface area (Å²) >= 11 is 5.85. The normalized spacial score (nSPS) is 12.7. The van der Waals surface area contributed by atoms with Crippen molar-refractivity contribution in [1.29, 1.82) is 0 Å². The van der Waals surface area contributed by atoms with Gasteiger partial charge in [0.05, 0.1) is 18.1 Å². The standard InChI is InChI=1S/C13H15ClN2O2/c1-8-6-12(13(17)9(2)14)10(3)16(8)7-11-4-5-15-18-11/h4-6,9H,7H2,1-3H3. The van der Waals surface area contributed by atoms with Crippen molar-refractivity contribution in [3.05, 3.63) is 41.0 Å². The average molecular weight is 267 g/mol. The molecule has 2 aromatic heterocycles. The molecule has 96 valence electrons. The molecule has 0 fully saturated rings. The highest BCUT2D eigenvalue weighted by atomic mass is 35.5. The average Bonchev–Trinajstić information content (AvgIpc) is 2.91. The van der Waals surface area contributed by atoms with Gasteiger partial charge in [0.25, 0.3) is 0 Å². The van der Waals surface area contributed by atoms with Crippen molar-refractivity contribution in [3.8, 4) is 0 Å². The summed E-state index contributed by atoms with van der Waals surface area (Å²) < 4.78 is 7.10. The maximum Gasteiger partial charge on any atom is 0.182 e. The molecule has 0 spiro atoms. The first-order chi connectivity index (χ1) is 8.50. The van der Waals surface area contributed by atoms with Gasteiger partial charge in [-0.2, -0.15) is 0 Å². The second-order valence-corrected chi connectivity index (χ2v) is 4.98. The SMILES string of the molecule is Cc1cc(C(=O)C(C)Cl)c(C)n1Cc1ccno1. The van der Waals surface area contributed by atoms with Crippen LogP contribution in [-0.4, -0.2) is 20.9 Å². The largest absolute Gasteiger partial charge is 0.359 e. The molecule has 1 unspecified atom stereocenters. The Morgan fingerprint density at radius 3 is 2.83 bits per heavy atom. The van der Waals surface area contributed by atoms with Crippen LogP contribution in [0.4, 0.5) is 0 Å². The number of carbonyl (C=O) groups excluding carboxylic acids is 1. The summed E-state index contributed by atoms with van der Waals surface area (Å²) in [5, 5.41) is 3.16. The van der Waals surface area contributed by atoms with Gasteiger partial charge in [-0.3, -0.25) is 4.79 Å². The van der Waals surface area contributed by atoms with E-state index < -0.39 is 5.38 Å². The van der Waals surface area contributed by atoms with Crippen LogP contribution in [0.3, 0.4) is 0 Å². The van der Waals surface area contributed by atoms with Gasteiger partial charge in [0, 0.05) is 23.0 Å². The molecule has 5 heteroatoms. The molecular weight excluding hydrogens is 252 g/mol. The molecule has 0 saturated heterocycles. The predicted octanol–water partition coefficient (Wildman–Crippen LogP) is 2.95. The van der Waals surface area contributed by atoms with Crippen LogP contribution in [0.2, 0.25) is 0 Å². The Labute approximate surface area is 111 Å². The van der Waals surface area contributed by atoms with Crippen molar-refractivity contribution in [2.24, 2.45) is 0 Å². The van der Waals surface area contributed by atoms with Gasteiger partial charge >= 0.3 is 0 Å². The maximum atomic E-state index is 12.0.